The lowest BCUT2D eigenvalue weighted by molar-refractivity contribution is -0.297. The van der Waals surface area contributed by atoms with Crippen LogP contribution in [0.1, 0.15) is 168 Å². The molecule has 0 spiro atoms. The number of ether oxygens (including phenoxy) is 4. The normalized spacial score (nSPS) is 20.5. The zero-order valence-electron chi connectivity index (χ0n) is 37.9. The van der Waals surface area contributed by atoms with Gasteiger partial charge in [-0.3, -0.25) is 14.1 Å². The number of hydrogen-bond donors (Lipinski definition) is 4. The van der Waals surface area contributed by atoms with E-state index >= 15 is 0 Å². The zero-order valence-corrected chi connectivity index (χ0v) is 38.8. The van der Waals surface area contributed by atoms with Crippen LogP contribution in [0.2, 0.25) is 0 Å². The minimum Gasteiger partial charge on any atom is -0.462 e. The van der Waals surface area contributed by atoms with Gasteiger partial charge in [0.25, 0.3) is 10.1 Å². The molecule has 0 aromatic rings. The van der Waals surface area contributed by atoms with Crippen LogP contribution < -0.4 is 0 Å². The first-order valence-electron chi connectivity index (χ1n) is 23.5. The lowest BCUT2D eigenvalue weighted by atomic mass is 10.00. The molecule has 62 heavy (non-hydrogen) atoms. The van der Waals surface area contributed by atoms with Crippen LogP contribution in [-0.4, -0.2) is 96.0 Å². The Morgan fingerprint density at radius 1 is 0.548 bits per heavy atom. The van der Waals surface area contributed by atoms with Crippen LogP contribution in [0, 0.1) is 0 Å². The van der Waals surface area contributed by atoms with E-state index < -0.39 is 71.2 Å². The van der Waals surface area contributed by atoms with Gasteiger partial charge < -0.3 is 34.3 Å². The lowest BCUT2D eigenvalue weighted by Gasteiger charge is -2.40. The number of carbonyl (C=O) groups excluding carboxylic acids is 2. The maximum atomic E-state index is 12.8. The molecular weight excluding hydrogens is 813 g/mol. The zero-order chi connectivity index (χ0) is 45.5. The van der Waals surface area contributed by atoms with Crippen molar-refractivity contribution in [2.45, 2.75) is 205 Å². The number of hydrogen-bond acceptors (Lipinski definition) is 11. The van der Waals surface area contributed by atoms with E-state index in [1.807, 2.05) is 18.2 Å². The van der Waals surface area contributed by atoms with Crippen molar-refractivity contribution in [2.75, 3.05) is 19.0 Å². The van der Waals surface area contributed by atoms with Crippen LogP contribution in [0.5, 0.6) is 0 Å². The summed E-state index contributed by atoms with van der Waals surface area (Å²) in [6.45, 7) is 3.64. The highest BCUT2D eigenvalue weighted by Gasteiger charge is 2.46. The van der Waals surface area contributed by atoms with E-state index in [2.05, 4.69) is 68.5 Å². The number of aliphatic hydroxyl groups is 3. The van der Waals surface area contributed by atoms with E-state index in [4.69, 9.17) is 18.9 Å². The Morgan fingerprint density at radius 2 is 0.968 bits per heavy atom. The van der Waals surface area contributed by atoms with Crippen molar-refractivity contribution in [1.29, 1.82) is 0 Å². The van der Waals surface area contributed by atoms with Crippen molar-refractivity contribution >= 4 is 22.1 Å². The van der Waals surface area contributed by atoms with Crippen LogP contribution >= 0.6 is 0 Å². The minimum absolute atomic E-state index is 0.0855. The number of carbonyl (C=O) groups is 2. The summed E-state index contributed by atoms with van der Waals surface area (Å²) in [4.78, 5) is 25.4. The number of rotatable bonds is 38. The fourth-order valence-corrected chi connectivity index (χ4v) is 7.28. The summed E-state index contributed by atoms with van der Waals surface area (Å²) >= 11 is 0. The molecule has 0 radical (unpaired) electrons. The molecule has 2 unspecified atom stereocenters. The number of aliphatic hydroxyl groups excluding tert-OH is 3. The van der Waals surface area contributed by atoms with Gasteiger partial charge in [-0.1, -0.05) is 151 Å². The molecule has 1 aliphatic heterocycles. The van der Waals surface area contributed by atoms with Crippen LogP contribution in [0.3, 0.4) is 0 Å². The maximum absolute atomic E-state index is 12.8. The quantitative estimate of drug-likeness (QED) is 0.0199. The molecule has 1 rings (SSSR count). The van der Waals surface area contributed by atoms with Crippen molar-refractivity contribution < 1.29 is 56.8 Å². The van der Waals surface area contributed by atoms with Crippen molar-refractivity contribution in [3.05, 3.63) is 72.9 Å². The number of esters is 2. The predicted octanol–water partition coefficient (Wildman–Crippen LogP) is 9.89. The second-order valence-corrected chi connectivity index (χ2v) is 17.6. The van der Waals surface area contributed by atoms with Crippen LogP contribution in [0.25, 0.3) is 0 Å². The molecule has 4 N–H and O–H groups in total. The van der Waals surface area contributed by atoms with Crippen LogP contribution in [0.15, 0.2) is 72.9 Å². The molecule has 0 aromatic heterocycles. The lowest BCUT2D eigenvalue weighted by Crippen LogP contribution is -2.60. The number of unbranched alkanes of at least 4 members (excludes halogenated alkanes) is 14. The molecule has 12 nitrogen and oxygen atoms in total. The van der Waals surface area contributed by atoms with E-state index in [1.165, 1.54) is 77.0 Å². The minimum atomic E-state index is -4.62. The van der Waals surface area contributed by atoms with Crippen LogP contribution in [0.4, 0.5) is 0 Å². The first-order valence-corrected chi connectivity index (χ1v) is 25.1. The highest BCUT2D eigenvalue weighted by atomic mass is 32.2. The SMILES string of the molecule is CCCCC/C=C/C/C=C/C/C=C/C/C=C/CCCC(=O)OC[C@H](CO[C@H]1O[C@H](CS(=O)(=O)O)[C@@H](O)C(O)C1O)OC(=O)CCC/C=C/C/C=C/CCCCCCCCCCC. The Kier molecular flexibility index (Phi) is 35.5. The molecule has 1 aliphatic rings. The van der Waals surface area contributed by atoms with Gasteiger partial charge in [0.1, 0.15) is 36.8 Å². The third-order valence-corrected chi connectivity index (χ3v) is 11.0. The molecule has 1 saturated heterocycles. The Bertz CT molecular complexity index is 1420. The second-order valence-electron chi connectivity index (χ2n) is 16.1. The molecule has 356 valence electrons. The van der Waals surface area contributed by atoms with Gasteiger partial charge in [0, 0.05) is 12.8 Å². The summed E-state index contributed by atoms with van der Waals surface area (Å²) in [6.07, 6.45) is 39.6. The van der Waals surface area contributed by atoms with Crippen LogP contribution in [-0.2, 0) is 38.7 Å². The van der Waals surface area contributed by atoms with Gasteiger partial charge in [0.15, 0.2) is 12.4 Å². The standard InChI is InChI=1S/C49H82O12S/c1-3-5-7-9-11-13-15-17-19-21-23-25-27-29-31-33-35-37-44(50)58-39-42(40-59-49-48(54)47(53)46(52)43(61-49)41-62(55,56)57)60-45(51)38-36-34-32-30-28-26-24-22-20-18-16-14-12-10-8-6-4-2/h11,13,17,19,23-26,29-32,42-43,46-49,52-54H,3-10,12,14-16,18,20-22,27-28,33-41H2,1-2H3,(H,55,56,57)/b13-11+,19-17+,25-23+,26-24+,31-29+,32-30+/t42-,43-,46-,47?,48?,49+/m1/s1. The Hall–Kier alpha value is -2.91. The van der Waals surface area contributed by atoms with E-state index in [9.17, 15) is 37.9 Å². The molecule has 1 heterocycles. The first kappa shape index (κ1) is 57.1. The van der Waals surface area contributed by atoms with Crippen molar-refractivity contribution in [3.63, 3.8) is 0 Å². The van der Waals surface area contributed by atoms with Gasteiger partial charge >= 0.3 is 11.9 Å². The highest BCUT2D eigenvalue weighted by molar-refractivity contribution is 7.85. The van der Waals surface area contributed by atoms with Crippen molar-refractivity contribution in [2.24, 2.45) is 0 Å². The number of allylic oxidation sites excluding steroid dienone is 12. The average molecular weight is 895 g/mol. The molecule has 13 heteroatoms. The van der Waals surface area contributed by atoms with Gasteiger partial charge in [-0.25, -0.2) is 0 Å². The summed E-state index contributed by atoms with van der Waals surface area (Å²) in [5.74, 6) is -2.12. The van der Waals surface area contributed by atoms with E-state index in [-0.39, 0.29) is 19.4 Å². The van der Waals surface area contributed by atoms with Gasteiger partial charge in [-0.05, 0) is 77.0 Å². The summed E-state index contributed by atoms with van der Waals surface area (Å²) in [5, 5.41) is 30.9. The molecule has 1 fully saturated rings. The van der Waals surface area contributed by atoms with E-state index in [0.717, 1.165) is 38.5 Å². The summed E-state index contributed by atoms with van der Waals surface area (Å²) in [6, 6.07) is 0. The fourth-order valence-electron chi connectivity index (χ4n) is 6.59. The Morgan fingerprint density at radius 3 is 1.47 bits per heavy atom. The third kappa shape index (κ3) is 32.7. The smallest absolute Gasteiger partial charge is 0.306 e. The van der Waals surface area contributed by atoms with Crippen molar-refractivity contribution in [3.8, 4) is 0 Å². The molecule has 6 atom stereocenters. The summed E-state index contributed by atoms with van der Waals surface area (Å²) < 4.78 is 54.0. The molecular formula is C49H82O12S. The second kappa shape index (κ2) is 38.5. The largest absolute Gasteiger partial charge is 0.462 e. The topological polar surface area (TPSA) is 186 Å². The Balaban J connectivity index is 2.51. The van der Waals surface area contributed by atoms with E-state index in [0.29, 0.717) is 25.7 Å². The van der Waals surface area contributed by atoms with Gasteiger partial charge in [0.2, 0.25) is 0 Å². The van der Waals surface area contributed by atoms with E-state index in [1.54, 1.807) is 0 Å². The Labute approximate surface area is 374 Å². The fraction of sp³-hybridized carbons (Fsp3) is 0.714. The van der Waals surface area contributed by atoms with Gasteiger partial charge in [-0.15, -0.1) is 0 Å². The predicted molar refractivity (Wildman–Crippen MR) is 247 cm³/mol. The molecule has 0 aromatic carbocycles. The molecule has 0 aliphatic carbocycles. The third-order valence-electron chi connectivity index (χ3n) is 10.3. The van der Waals surface area contributed by atoms with Gasteiger partial charge in [-0.2, -0.15) is 8.42 Å². The first-order chi connectivity index (χ1) is 30.0. The average Bonchev–Trinajstić information content (AvgIpc) is 3.24. The molecule has 0 amide bonds. The van der Waals surface area contributed by atoms with Crippen molar-refractivity contribution in [1.82, 2.24) is 0 Å². The summed E-state index contributed by atoms with van der Waals surface area (Å²) in [7, 11) is -4.62. The maximum Gasteiger partial charge on any atom is 0.306 e. The van der Waals surface area contributed by atoms with Gasteiger partial charge in [0.05, 0.1) is 6.61 Å². The monoisotopic (exact) mass is 895 g/mol. The summed E-state index contributed by atoms with van der Waals surface area (Å²) in [5.41, 5.74) is 0. The molecule has 0 saturated carbocycles. The highest BCUT2D eigenvalue weighted by Crippen LogP contribution is 2.24. The molecule has 0 bridgehead atoms.